The highest BCUT2D eigenvalue weighted by molar-refractivity contribution is 5.77. The van der Waals surface area contributed by atoms with E-state index in [2.05, 4.69) is 11.0 Å². The molecule has 1 aromatic carbocycles. The van der Waals surface area contributed by atoms with Crippen molar-refractivity contribution < 1.29 is 18.0 Å². The number of carbonyl (C=O) groups excluding carboxylic acids is 1. The van der Waals surface area contributed by atoms with Gasteiger partial charge in [0.05, 0.1) is 0 Å². The molecule has 2 heterocycles. The lowest BCUT2D eigenvalue weighted by Crippen LogP contribution is -2.53. The second-order valence-electron chi connectivity index (χ2n) is 6.78. The third-order valence-electron chi connectivity index (χ3n) is 5.09. The number of benzene rings is 1. The van der Waals surface area contributed by atoms with E-state index in [4.69, 9.17) is 0 Å². The molecule has 2 aliphatic rings. The number of nitrogens with zero attached hydrogens (tertiary/aromatic N) is 2. The van der Waals surface area contributed by atoms with Crippen molar-refractivity contribution in [3.8, 4) is 0 Å². The van der Waals surface area contributed by atoms with Crippen LogP contribution in [-0.4, -0.2) is 48.6 Å². The minimum atomic E-state index is -4.45. The Labute approximate surface area is 134 Å². The highest BCUT2D eigenvalue weighted by Crippen LogP contribution is 2.42. The first-order valence-electron chi connectivity index (χ1n) is 7.91. The zero-order chi connectivity index (χ0) is 16.7. The Hall–Kier alpha value is -1.56. The molecular formula is C17H21F3N2O. The first-order chi connectivity index (χ1) is 10.8. The van der Waals surface area contributed by atoms with E-state index in [1.165, 1.54) is 10.5 Å². The van der Waals surface area contributed by atoms with E-state index in [9.17, 15) is 18.0 Å². The van der Waals surface area contributed by atoms with Gasteiger partial charge in [-0.2, -0.15) is 13.2 Å². The minimum Gasteiger partial charge on any atom is -0.337 e. The van der Waals surface area contributed by atoms with E-state index in [0.29, 0.717) is 6.54 Å². The fourth-order valence-corrected chi connectivity index (χ4v) is 3.82. The van der Waals surface area contributed by atoms with Gasteiger partial charge in [0.1, 0.15) is 6.42 Å². The van der Waals surface area contributed by atoms with Gasteiger partial charge >= 0.3 is 6.18 Å². The average molecular weight is 326 g/mol. The highest BCUT2D eigenvalue weighted by atomic mass is 19.4. The second kappa shape index (κ2) is 5.82. The number of halogens is 3. The Morgan fingerprint density at radius 3 is 2.52 bits per heavy atom. The molecule has 1 aromatic rings. The smallest absolute Gasteiger partial charge is 0.337 e. The average Bonchev–Trinajstić information content (AvgIpc) is 2.49. The molecule has 6 heteroatoms. The lowest BCUT2D eigenvalue weighted by atomic mass is 9.69. The van der Waals surface area contributed by atoms with E-state index in [1.807, 2.05) is 25.2 Å². The summed E-state index contributed by atoms with van der Waals surface area (Å²) in [5, 5.41) is 0. The minimum absolute atomic E-state index is 0.206. The maximum atomic E-state index is 12.6. The summed E-state index contributed by atoms with van der Waals surface area (Å²) in [5.41, 5.74) is 1.99. The van der Waals surface area contributed by atoms with Crippen LogP contribution in [0.25, 0.3) is 0 Å². The van der Waals surface area contributed by atoms with Gasteiger partial charge in [-0.3, -0.25) is 4.79 Å². The number of hydrogen-bond acceptors (Lipinski definition) is 2. The Kier molecular flexibility index (Phi) is 4.12. The Morgan fingerprint density at radius 2 is 1.87 bits per heavy atom. The third-order valence-corrected chi connectivity index (χ3v) is 5.09. The number of hydrogen-bond donors (Lipinski definition) is 0. The van der Waals surface area contributed by atoms with Crippen LogP contribution in [0.1, 0.15) is 30.4 Å². The molecule has 0 unspecified atom stereocenters. The van der Waals surface area contributed by atoms with E-state index in [0.717, 1.165) is 31.5 Å². The number of carbonyl (C=O) groups is 1. The summed E-state index contributed by atoms with van der Waals surface area (Å²) in [4.78, 5) is 15.7. The van der Waals surface area contributed by atoms with Crippen molar-refractivity contribution in [3.05, 3.63) is 35.4 Å². The van der Waals surface area contributed by atoms with Gasteiger partial charge in [0, 0.05) is 18.5 Å². The number of likely N-dealkylation sites (tertiary alicyclic amines) is 1. The van der Waals surface area contributed by atoms with Crippen LogP contribution in [0.3, 0.4) is 0 Å². The van der Waals surface area contributed by atoms with Crippen molar-refractivity contribution in [3.63, 3.8) is 0 Å². The highest BCUT2D eigenvalue weighted by Gasteiger charge is 2.44. The summed E-state index contributed by atoms with van der Waals surface area (Å²) >= 11 is 0. The molecule has 1 amide bonds. The first-order valence-corrected chi connectivity index (χ1v) is 7.91. The SMILES string of the molecule is CN1CCC2(CC1)CN(C(=O)CC(F)(F)F)Cc1ccccc12. The summed E-state index contributed by atoms with van der Waals surface area (Å²) in [6, 6.07) is 7.87. The van der Waals surface area contributed by atoms with E-state index >= 15 is 0 Å². The van der Waals surface area contributed by atoms with Gasteiger partial charge in [0.25, 0.3) is 0 Å². The van der Waals surface area contributed by atoms with E-state index in [1.54, 1.807) is 0 Å². The summed E-state index contributed by atoms with van der Waals surface area (Å²) < 4.78 is 37.8. The molecule has 1 spiro atoms. The molecule has 23 heavy (non-hydrogen) atoms. The number of piperidine rings is 1. The van der Waals surface area contributed by atoms with Crippen LogP contribution in [0.2, 0.25) is 0 Å². The predicted octanol–water partition coefficient (Wildman–Crippen LogP) is 2.94. The maximum absolute atomic E-state index is 12.6. The first kappa shape index (κ1) is 16.3. The van der Waals surface area contributed by atoms with E-state index < -0.39 is 18.5 Å². The van der Waals surface area contributed by atoms with Crippen LogP contribution in [0.4, 0.5) is 13.2 Å². The molecule has 0 bridgehead atoms. The van der Waals surface area contributed by atoms with Gasteiger partial charge in [-0.25, -0.2) is 0 Å². The fourth-order valence-electron chi connectivity index (χ4n) is 3.82. The zero-order valence-corrected chi connectivity index (χ0v) is 13.2. The van der Waals surface area contributed by atoms with Gasteiger partial charge in [-0.15, -0.1) is 0 Å². The molecule has 0 aliphatic carbocycles. The number of alkyl halides is 3. The molecule has 0 aromatic heterocycles. The standard InChI is InChI=1S/C17H21F3N2O/c1-21-8-6-16(7-9-21)12-22(15(23)10-17(18,19)20)11-13-4-2-3-5-14(13)16/h2-5H,6-12H2,1H3. The Balaban J connectivity index is 1.89. The van der Waals surface area contributed by atoms with Gasteiger partial charge < -0.3 is 9.80 Å². The van der Waals surface area contributed by atoms with Crippen LogP contribution < -0.4 is 0 Å². The Morgan fingerprint density at radius 1 is 1.22 bits per heavy atom. The van der Waals surface area contributed by atoms with Gasteiger partial charge in [0.2, 0.25) is 5.91 Å². The molecular weight excluding hydrogens is 305 g/mol. The molecule has 3 nitrogen and oxygen atoms in total. The van der Waals surface area contributed by atoms with Gasteiger partial charge in [0.15, 0.2) is 0 Å². The quantitative estimate of drug-likeness (QED) is 0.792. The molecule has 0 saturated carbocycles. The molecule has 1 saturated heterocycles. The third kappa shape index (κ3) is 3.37. The van der Waals surface area contributed by atoms with Crippen molar-refractivity contribution in [1.29, 1.82) is 0 Å². The van der Waals surface area contributed by atoms with Crippen molar-refractivity contribution >= 4 is 5.91 Å². The van der Waals surface area contributed by atoms with Crippen LogP contribution in [0.5, 0.6) is 0 Å². The summed E-state index contributed by atoms with van der Waals surface area (Å²) in [7, 11) is 2.05. The largest absolute Gasteiger partial charge is 0.397 e. The molecule has 1 fully saturated rings. The molecule has 126 valence electrons. The van der Waals surface area contributed by atoms with Crippen LogP contribution in [-0.2, 0) is 16.8 Å². The zero-order valence-electron chi connectivity index (χ0n) is 13.2. The van der Waals surface area contributed by atoms with Crippen LogP contribution >= 0.6 is 0 Å². The number of amides is 1. The normalized spacial score (nSPS) is 21.3. The Bertz CT molecular complexity index is 592. The number of rotatable bonds is 1. The van der Waals surface area contributed by atoms with Crippen molar-refractivity contribution in [2.24, 2.45) is 0 Å². The fraction of sp³-hybridized carbons (Fsp3) is 0.588. The topological polar surface area (TPSA) is 23.6 Å². The van der Waals surface area contributed by atoms with Gasteiger partial charge in [-0.1, -0.05) is 24.3 Å². The van der Waals surface area contributed by atoms with Crippen molar-refractivity contribution in [1.82, 2.24) is 9.80 Å². The lowest BCUT2D eigenvalue weighted by Gasteiger charge is -2.48. The monoisotopic (exact) mass is 326 g/mol. The maximum Gasteiger partial charge on any atom is 0.397 e. The van der Waals surface area contributed by atoms with Crippen LogP contribution in [0, 0.1) is 0 Å². The summed E-state index contributed by atoms with van der Waals surface area (Å²) in [5.74, 6) is -0.815. The van der Waals surface area contributed by atoms with Crippen molar-refractivity contribution in [2.45, 2.75) is 37.4 Å². The molecule has 0 radical (unpaired) electrons. The van der Waals surface area contributed by atoms with Crippen molar-refractivity contribution in [2.75, 3.05) is 26.7 Å². The molecule has 0 atom stereocenters. The molecule has 0 N–H and O–H groups in total. The molecule has 3 rings (SSSR count). The summed E-state index contributed by atoms with van der Waals surface area (Å²) in [6.45, 7) is 2.47. The number of fused-ring (bicyclic) bond motifs is 2. The lowest BCUT2D eigenvalue weighted by molar-refractivity contribution is -0.163. The predicted molar refractivity (Wildman–Crippen MR) is 80.9 cm³/mol. The molecule has 2 aliphatic heterocycles. The van der Waals surface area contributed by atoms with Gasteiger partial charge in [-0.05, 0) is 44.1 Å². The van der Waals surface area contributed by atoms with E-state index in [-0.39, 0.29) is 12.0 Å². The van der Waals surface area contributed by atoms with Crippen LogP contribution in [0.15, 0.2) is 24.3 Å². The summed E-state index contributed by atoms with van der Waals surface area (Å²) in [6.07, 6.45) is -4.08. The second-order valence-corrected chi connectivity index (χ2v) is 6.78.